The number of unbranched alkanes of at least 4 members (excludes halogenated alkanes) is 3. The molecule has 1 unspecified atom stereocenters. The number of ether oxygens (including phenoxy) is 2. The van der Waals surface area contributed by atoms with Gasteiger partial charge in [-0.15, -0.1) is 0 Å². The van der Waals surface area contributed by atoms with Gasteiger partial charge in [0.25, 0.3) is 0 Å². The van der Waals surface area contributed by atoms with Gasteiger partial charge in [0, 0.05) is 40.6 Å². The molecule has 1 rings (SSSR count). The number of carbonyl (C=O) groups is 1. The van der Waals surface area contributed by atoms with Crippen molar-refractivity contribution in [2.24, 2.45) is 0 Å². The van der Waals surface area contributed by atoms with Crippen molar-refractivity contribution in [2.75, 3.05) is 53.9 Å². The number of hydrogen-bond donors (Lipinski definition) is 0. The summed E-state index contributed by atoms with van der Waals surface area (Å²) in [7, 11) is -1.31. The fourth-order valence-electron chi connectivity index (χ4n) is 3.34. The minimum atomic E-state index is -1.75. The van der Waals surface area contributed by atoms with Crippen molar-refractivity contribution in [2.45, 2.75) is 111 Å². The lowest BCUT2D eigenvalue weighted by atomic mass is 10.2. The molecule has 0 bridgehead atoms. The Labute approximate surface area is 233 Å². The fourth-order valence-corrected chi connectivity index (χ4v) is 8.20. The van der Waals surface area contributed by atoms with Crippen molar-refractivity contribution in [3.05, 3.63) is 0 Å². The average molecular weight is 587 g/mol. The number of carbonyl (C=O) groups excluding carboxylic acids is 1. The van der Waals surface area contributed by atoms with Crippen molar-refractivity contribution in [1.29, 1.82) is 0 Å². The van der Waals surface area contributed by atoms with Crippen molar-refractivity contribution in [3.8, 4) is 0 Å². The molecule has 0 spiro atoms. The quantitative estimate of drug-likeness (QED) is 0.0958. The summed E-state index contributed by atoms with van der Waals surface area (Å²) in [5.74, 6) is 0. The third-order valence-electron chi connectivity index (χ3n) is 5.64. The van der Waals surface area contributed by atoms with E-state index in [1.807, 2.05) is 20.6 Å². The summed E-state index contributed by atoms with van der Waals surface area (Å²) in [6.07, 6.45) is 6.69. The summed E-state index contributed by atoms with van der Waals surface area (Å²) in [6.45, 7) is 25.9. The molecule has 1 aliphatic heterocycles. The van der Waals surface area contributed by atoms with Crippen molar-refractivity contribution in [1.82, 2.24) is 0 Å². The summed E-state index contributed by atoms with van der Waals surface area (Å²) >= 11 is 0. The van der Waals surface area contributed by atoms with Crippen molar-refractivity contribution < 1.29 is 36.4 Å². The zero-order chi connectivity index (χ0) is 29.2. The lowest BCUT2D eigenvalue weighted by molar-refractivity contribution is -0.0980. The van der Waals surface area contributed by atoms with Gasteiger partial charge in [-0.1, -0.05) is 32.6 Å². The molecule has 8 nitrogen and oxygen atoms in total. The van der Waals surface area contributed by atoms with Gasteiger partial charge < -0.3 is 36.4 Å². The Bertz CT molecular complexity index is 469. The third-order valence-corrected chi connectivity index (χ3v) is 13.2. The molecule has 37 heavy (non-hydrogen) atoms. The zero-order valence-corrected chi connectivity index (χ0v) is 29.2. The molecule has 1 atom stereocenters. The van der Waals surface area contributed by atoms with Crippen LogP contribution < -0.4 is 0 Å². The molecule has 0 radical (unpaired) electrons. The summed E-state index contributed by atoms with van der Waals surface area (Å²) in [6, 6.07) is 2.31. The predicted molar refractivity (Wildman–Crippen MR) is 162 cm³/mol. The van der Waals surface area contributed by atoms with Crippen LogP contribution in [0.5, 0.6) is 0 Å². The Balaban J connectivity index is -0.000000463. The van der Waals surface area contributed by atoms with E-state index in [2.05, 4.69) is 46.6 Å². The first-order valence-electron chi connectivity index (χ1n) is 13.9. The molecule has 1 saturated heterocycles. The second-order valence-electron chi connectivity index (χ2n) is 9.95. The second-order valence-corrected chi connectivity index (χ2v) is 21.2. The van der Waals surface area contributed by atoms with Gasteiger partial charge in [-0.3, -0.25) is 0 Å². The van der Waals surface area contributed by atoms with Gasteiger partial charge in [-0.2, -0.15) is 0 Å². The van der Waals surface area contributed by atoms with Crippen LogP contribution in [-0.4, -0.2) is 92.2 Å². The van der Waals surface area contributed by atoms with Crippen molar-refractivity contribution >= 4 is 32.2 Å². The Morgan fingerprint density at radius 2 is 1.27 bits per heavy atom. The van der Waals surface area contributed by atoms with E-state index in [9.17, 15) is 0 Å². The molecule has 1 fully saturated rings. The van der Waals surface area contributed by atoms with Gasteiger partial charge in [-0.05, 0) is 72.0 Å². The van der Waals surface area contributed by atoms with E-state index in [4.69, 9.17) is 36.4 Å². The van der Waals surface area contributed by atoms with Gasteiger partial charge in [-0.25, -0.2) is 0 Å². The summed E-state index contributed by atoms with van der Waals surface area (Å²) < 4.78 is 37.8. The molecule has 0 aliphatic carbocycles. The van der Waals surface area contributed by atoms with Crippen LogP contribution in [0.25, 0.3) is 0 Å². The molecule has 0 aromatic rings. The highest BCUT2D eigenvalue weighted by atomic mass is 28.4. The molecule has 0 amide bonds. The third kappa shape index (κ3) is 30.4. The predicted octanol–water partition coefficient (Wildman–Crippen LogP) is 6.54. The standard InChI is InChI=1S/C10H22O3Si.C9H22O2Si.C6H16O2Si.CH2O/c1-4-13-14(2,3)7-5-6-11-8-10-9-12-10;1-5-6-7-8-9-12(4,10-2)11-3;1-5-7-9(3,4)8-6-2;1-2/h10H,4-9H2,1-3H3;5-9H2,1-4H3;5-6H2,1-4H3;1H2. The smallest absolute Gasteiger partial charge is 0.334 e. The first-order valence-corrected chi connectivity index (χ1v) is 22.4. The van der Waals surface area contributed by atoms with Crippen LogP contribution in [0.3, 0.4) is 0 Å². The van der Waals surface area contributed by atoms with Crippen LogP contribution in [0.1, 0.15) is 59.8 Å². The van der Waals surface area contributed by atoms with Crippen LogP contribution in [0, 0.1) is 0 Å². The molecule has 0 aromatic heterocycles. The van der Waals surface area contributed by atoms with E-state index in [1.54, 1.807) is 14.2 Å². The number of hydrogen-bond acceptors (Lipinski definition) is 8. The van der Waals surface area contributed by atoms with Gasteiger partial charge in [0.1, 0.15) is 12.9 Å². The molecule has 11 heteroatoms. The largest absolute Gasteiger partial charge is 0.418 e. The molecular weight excluding hydrogens is 525 g/mol. The molecule has 1 aliphatic rings. The second kappa shape index (κ2) is 26.3. The van der Waals surface area contributed by atoms with E-state index >= 15 is 0 Å². The first kappa shape index (κ1) is 41.5. The minimum absolute atomic E-state index is 0.396. The monoisotopic (exact) mass is 586 g/mol. The van der Waals surface area contributed by atoms with Crippen LogP contribution in [0.2, 0.25) is 44.8 Å². The fraction of sp³-hybridized carbons (Fsp3) is 0.962. The molecular formula is C26H62O8Si3. The average Bonchev–Trinajstić information content (AvgIpc) is 3.68. The van der Waals surface area contributed by atoms with Crippen LogP contribution in [0.4, 0.5) is 0 Å². The summed E-state index contributed by atoms with van der Waals surface area (Å²) in [4.78, 5) is 8.00. The van der Waals surface area contributed by atoms with Crippen LogP contribution >= 0.6 is 0 Å². The van der Waals surface area contributed by atoms with Crippen LogP contribution in [-0.2, 0) is 36.4 Å². The van der Waals surface area contributed by atoms with Gasteiger partial charge in [0.2, 0.25) is 0 Å². The van der Waals surface area contributed by atoms with E-state index in [1.165, 1.54) is 31.7 Å². The molecule has 0 saturated carbocycles. The summed E-state index contributed by atoms with van der Waals surface area (Å²) in [5, 5.41) is 0. The highest BCUT2D eigenvalue weighted by molar-refractivity contribution is 6.71. The maximum absolute atomic E-state index is 8.00. The Hall–Kier alpha value is 0.0406. The number of epoxide rings is 1. The lowest BCUT2D eigenvalue weighted by Gasteiger charge is -2.22. The van der Waals surface area contributed by atoms with Gasteiger partial charge in [0.15, 0.2) is 8.32 Å². The van der Waals surface area contributed by atoms with Gasteiger partial charge in [0.05, 0.1) is 13.2 Å². The van der Waals surface area contributed by atoms with Crippen LogP contribution in [0.15, 0.2) is 0 Å². The van der Waals surface area contributed by atoms with E-state index in [-0.39, 0.29) is 0 Å². The van der Waals surface area contributed by atoms with E-state index < -0.39 is 25.4 Å². The molecule has 0 N–H and O–H groups in total. The normalized spacial score (nSPS) is 14.9. The van der Waals surface area contributed by atoms with E-state index in [0.29, 0.717) is 6.10 Å². The van der Waals surface area contributed by atoms with Gasteiger partial charge >= 0.3 is 17.1 Å². The van der Waals surface area contributed by atoms with E-state index in [0.717, 1.165) is 52.1 Å². The molecule has 226 valence electrons. The zero-order valence-electron chi connectivity index (χ0n) is 26.2. The van der Waals surface area contributed by atoms with Crippen molar-refractivity contribution in [3.63, 3.8) is 0 Å². The maximum atomic E-state index is 8.00. The Kier molecular flexibility index (Phi) is 29.5. The highest BCUT2D eigenvalue weighted by Crippen LogP contribution is 2.16. The number of rotatable bonds is 19. The molecule has 0 aromatic carbocycles. The summed E-state index contributed by atoms with van der Waals surface area (Å²) in [5.41, 5.74) is 0. The Morgan fingerprint density at radius 1 is 0.757 bits per heavy atom. The topological polar surface area (TPSA) is 85.0 Å². The molecule has 1 heterocycles. The maximum Gasteiger partial charge on any atom is 0.334 e. The minimum Gasteiger partial charge on any atom is -0.418 e. The SMILES string of the molecule is C=O.CCCCCC[Si](C)(OC)OC.CCO[Si](C)(C)CCCOCC1CO1.CCO[Si](C)(C)OCC. The Morgan fingerprint density at radius 3 is 1.68 bits per heavy atom. The lowest BCUT2D eigenvalue weighted by Crippen LogP contribution is -2.35. The highest BCUT2D eigenvalue weighted by Gasteiger charge is 2.27. The first-order chi connectivity index (χ1) is 17.4.